The van der Waals surface area contributed by atoms with Crippen molar-refractivity contribution in [1.82, 2.24) is 0 Å². The lowest BCUT2D eigenvalue weighted by atomic mass is 9.79. The smallest absolute Gasteiger partial charge is 0.408 e. The van der Waals surface area contributed by atoms with Gasteiger partial charge >= 0.3 is 7.12 Å². The van der Waals surface area contributed by atoms with E-state index in [0.717, 1.165) is 6.32 Å². The maximum atomic E-state index is 5.98. The zero-order chi connectivity index (χ0) is 11.5. The molecule has 1 saturated heterocycles. The predicted molar refractivity (Wildman–Crippen MR) is 66.2 cm³/mol. The maximum absolute atomic E-state index is 5.98. The Bertz CT molecular complexity index is 328. The molecule has 0 aromatic heterocycles. The highest BCUT2D eigenvalue weighted by molar-refractivity contribution is 6.44. The van der Waals surface area contributed by atoms with Gasteiger partial charge < -0.3 is 9.31 Å². The van der Waals surface area contributed by atoms with Gasteiger partial charge in [0.1, 0.15) is 0 Å². The normalized spacial score (nSPS) is 30.4. The van der Waals surface area contributed by atoms with Crippen LogP contribution in [0.4, 0.5) is 0 Å². The van der Waals surface area contributed by atoms with Gasteiger partial charge in [0.25, 0.3) is 0 Å². The van der Waals surface area contributed by atoms with Gasteiger partial charge in [0.15, 0.2) is 0 Å². The molecule has 0 bridgehead atoms. The van der Waals surface area contributed by atoms with Gasteiger partial charge in [0, 0.05) is 12.0 Å². The summed E-state index contributed by atoms with van der Waals surface area (Å²) in [6.45, 7) is 6.41. The van der Waals surface area contributed by atoms with E-state index in [1.807, 2.05) is 6.07 Å². The summed E-state index contributed by atoms with van der Waals surface area (Å²) in [6, 6.07) is 10.4. The second kappa shape index (κ2) is 5.02. The number of hydrogen-bond acceptors (Lipinski definition) is 2. The summed E-state index contributed by atoms with van der Waals surface area (Å²) >= 11 is 0. The first-order chi connectivity index (χ1) is 7.72. The number of hydrogen-bond donors (Lipinski definition) is 0. The first-order valence-corrected chi connectivity index (χ1v) is 6.08. The summed E-state index contributed by atoms with van der Waals surface area (Å²) in [5, 5.41) is 0. The third kappa shape index (κ3) is 2.31. The van der Waals surface area contributed by atoms with Crippen molar-refractivity contribution in [2.45, 2.75) is 39.3 Å². The van der Waals surface area contributed by atoms with Gasteiger partial charge in [-0.3, -0.25) is 0 Å². The zero-order valence-electron chi connectivity index (χ0n) is 10.2. The van der Waals surface area contributed by atoms with E-state index < -0.39 is 0 Å². The fourth-order valence-electron chi connectivity index (χ4n) is 2.15. The van der Waals surface area contributed by atoms with Crippen molar-refractivity contribution in [2.75, 3.05) is 0 Å². The molecule has 1 aromatic carbocycles. The molecule has 1 fully saturated rings. The van der Waals surface area contributed by atoms with Gasteiger partial charge in [-0.2, -0.15) is 0 Å². The SMILES string of the molecule is CCB1OC(C)C(C)C(c2ccccc2)O1. The monoisotopic (exact) mass is 218 g/mol. The highest BCUT2D eigenvalue weighted by Crippen LogP contribution is 2.35. The Hall–Kier alpha value is -0.795. The van der Waals surface area contributed by atoms with Crippen molar-refractivity contribution in [3.63, 3.8) is 0 Å². The van der Waals surface area contributed by atoms with E-state index in [9.17, 15) is 0 Å². The Morgan fingerprint density at radius 3 is 2.44 bits per heavy atom. The Kier molecular flexibility index (Phi) is 3.67. The molecule has 1 aromatic rings. The van der Waals surface area contributed by atoms with Crippen molar-refractivity contribution in [1.29, 1.82) is 0 Å². The molecule has 0 spiro atoms. The van der Waals surface area contributed by atoms with Crippen molar-refractivity contribution < 1.29 is 9.31 Å². The lowest BCUT2D eigenvalue weighted by molar-refractivity contribution is -0.0254. The quantitative estimate of drug-likeness (QED) is 0.709. The van der Waals surface area contributed by atoms with Crippen LogP contribution in [0, 0.1) is 5.92 Å². The van der Waals surface area contributed by atoms with Crippen molar-refractivity contribution in [2.24, 2.45) is 5.92 Å². The standard InChI is InChI=1S/C13H19BO2/c1-4-14-15-11(3)10(2)13(16-14)12-8-6-5-7-9-12/h5-11,13H,4H2,1-3H3. The van der Waals surface area contributed by atoms with E-state index in [4.69, 9.17) is 9.31 Å². The number of benzene rings is 1. The van der Waals surface area contributed by atoms with Gasteiger partial charge in [0.05, 0.1) is 6.10 Å². The first-order valence-electron chi connectivity index (χ1n) is 6.08. The van der Waals surface area contributed by atoms with Gasteiger partial charge in [-0.25, -0.2) is 0 Å². The van der Waals surface area contributed by atoms with E-state index >= 15 is 0 Å². The molecule has 0 radical (unpaired) electrons. The van der Waals surface area contributed by atoms with Crippen LogP contribution in [0.2, 0.25) is 6.32 Å². The largest absolute Gasteiger partial charge is 0.457 e. The molecule has 1 heterocycles. The molecule has 3 unspecified atom stereocenters. The van der Waals surface area contributed by atoms with E-state index in [0.29, 0.717) is 5.92 Å². The number of rotatable bonds is 2. The molecule has 3 atom stereocenters. The molecule has 2 rings (SSSR count). The van der Waals surface area contributed by atoms with Crippen molar-refractivity contribution in [3.05, 3.63) is 35.9 Å². The maximum Gasteiger partial charge on any atom is 0.457 e. The van der Waals surface area contributed by atoms with E-state index in [1.165, 1.54) is 5.56 Å². The Balaban J connectivity index is 2.18. The molecule has 1 aliphatic heterocycles. The van der Waals surface area contributed by atoms with Crippen LogP contribution in [0.25, 0.3) is 0 Å². The molecule has 0 aliphatic carbocycles. The summed E-state index contributed by atoms with van der Waals surface area (Å²) in [5.74, 6) is 0.394. The van der Waals surface area contributed by atoms with Crippen LogP contribution in [0.5, 0.6) is 0 Å². The minimum atomic E-state index is -0.0589. The Morgan fingerprint density at radius 2 is 1.81 bits per heavy atom. The van der Waals surface area contributed by atoms with Gasteiger partial charge in [-0.15, -0.1) is 0 Å². The second-order valence-corrected chi connectivity index (χ2v) is 4.51. The Morgan fingerprint density at radius 1 is 1.12 bits per heavy atom. The van der Waals surface area contributed by atoms with Gasteiger partial charge in [-0.1, -0.05) is 44.2 Å². The summed E-state index contributed by atoms with van der Waals surface area (Å²) in [7, 11) is -0.0589. The van der Waals surface area contributed by atoms with Crippen LogP contribution in [-0.4, -0.2) is 13.2 Å². The summed E-state index contributed by atoms with van der Waals surface area (Å²) in [4.78, 5) is 0. The van der Waals surface area contributed by atoms with Gasteiger partial charge in [0.2, 0.25) is 0 Å². The molecule has 1 aliphatic rings. The molecule has 3 heteroatoms. The first kappa shape index (κ1) is 11.7. The van der Waals surface area contributed by atoms with Crippen LogP contribution < -0.4 is 0 Å². The molecule has 16 heavy (non-hydrogen) atoms. The van der Waals surface area contributed by atoms with E-state index in [2.05, 4.69) is 45.0 Å². The van der Waals surface area contributed by atoms with Crippen molar-refractivity contribution in [3.8, 4) is 0 Å². The molecular weight excluding hydrogens is 199 g/mol. The van der Waals surface area contributed by atoms with Crippen LogP contribution in [0.1, 0.15) is 32.4 Å². The predicted octanol–water partition coefficient (Wildman–Crippen LogP) is 3.31. The minimum absolute atomic E-state index is 0.0589. The second-order valence-electron chi connectivity index (χ2n) is 4.51. The lowest BCUT2D eigenvalue weighted by Gasteiger charge is -2.38. The average molecular weight is 218 g/mol. The molecule has 86 valence electrons. The molecule has 2 nitrogen and oxygen atoms in total. The van der Waals surface area contributed by atoms with Crippen molar-refractivity contribution >= 4 is 7.12 Å². The summed E-state index contributed by atoms with van der Waals surface area (Å²) in [6.07, 6.45) is 1.32. The molecule has 0 amide bonds. The molecule has 0 saturated carbocycles. The van der Waals surface area contributed by atoms with E-state index in [-0.39, 0.29) is 19.3 Å². The summed E-state index contributed by atoms with van der Waals surface area (Å²) in [5.41, 5.74) is 1.25. The lowest BCUT2D eigenvalue weighted by Crippen LogP contribution is -2.41. The van der Waals surface area contributed by atoms with Crippen LogP contribution in [0.3, 0.4) is 0 Å². The van der Waals surface area contributed by atoms with Crippen LogP contribution in [-0.2, 0) is 9.31 Å². The van der Waals surface area contributed by atoms with Crippen LogP contribution >= 0.6 is 0 Å². The van der Waals surface area contributed by atoms with E-state index in [1.54, 1.807) is 0 Å². The topological polar surface area (TPSA) is 18.5 Å². The third-order valence-electron chi connectivity index (χ3n) is 3.34. The van der Waals surface area contributed by atoms with Gasteiger partial charge in [-0.05, 0) is 18.8 Å². The third-order valence-corrected chi connectivity index (χ3v) is 3.34. The highest BCUT2D eigenvalue weighted by atomic mass is 16.6. The fraction of sp³-hybridized carbons (Fsp3) is 0.538. The average Bonchev–Trinajstić information content (AvgIpc) is 2.33. The highest BCUT2D eigenvalue weighted by Gasteiger charge is 2.36. The van der Waals surface area contributed by atoms with Crippen LogP contribution in [0.15, 0.2) is 30.3 Å². The molecule has 0 N–H and O–H groups in total. The molecular formula is C13H19BO2. The zero-order valence-corrected chi connectivity index (χ0v) is 10.2. The fourth-order valence-corrected chi connectivity index (χ4v) is 2.15. The minimum Gasteiger partial charge on any atom is -0.408 e. The Labute approximate surface area is 98.1 Å². The summed E-state index contributed by atoms with van der Waals surface area (Å²) < 4.78 is 11.8.